The molecule has 0 aliphatic carbocycles. The molecule has 0 aromatic heterocycles. The van der Waals surface area contributed by atoms with Crippen LogP contribution in [0.2, 0.25) is 0 Å². The minimum atomic E-state index is -0.798. The van der Waals surface area contributed by atoms with Crippen LogP contribution in [-0.4, -0.2) is 48.7 Å². The van der Waals surface area contributed by atoms with Crippen molar-refractivity contribution < 1.29 is 19.1 Å². The first-order valence-electron chi connectivity index (χ1n) is 11.2. The van der Waals surface area contributed by atoms with E-state index in [4.69, 9.17) is 4.74 Å². The van der Waals surface area contributed by atoms with Gasteiger partial charge >= 0.3 is 5.97 Å². The van der Waals surface area contributed by atoms with Crippen LogP contribution in [0.3, 0.4) is 0 Å². The predicted molar refractivity (Wildman–Crippen MR) is 128 cm³/mol. The lowest BCUT2D eigenvalue weighted by atomic mass is 9.96. The highest BCUT2D eigenvalue weighted by Gasteiger charge is 2.31. The van der Waals surface area contributed by atoms with E-state index in [1.807, 2.05) is 64.1 Å². The molecule has 0 aliphatic rings. The summed E-state index contributed by atoms with van der Waals surface area (Å²) in [4.78, 5) is 42.1. The summed E-state index contributed by atoms with van der Waals surface area (Å²) in [5.74, 6) is -1.43. The minimum Gasteiger partial charge on any atom is -0.464 e. The maximum atomic E-state index is 13.0. The van der Waals surface area contributed by atoms with Gasteiger partial charge in [-0.05, 0) is 37.3 Å². The number of allylic oxidation sites excluding steroid dienone is 1. The summed E-state index contributed by atoms with van der Waals surface area (Å²) in [6.45, 7) is 11.1. The van der Waals surface area contributed by atoms with E-state index in [1.165, 1.54) is 0 Å². The van der Waals surface area contributed by atoms with Gasteiger partial charge in [-0.3, -0.25) is 14.6 Å². The van der Waals surface area contributed by atoms with Crippen molar-refractivity contribution in [2.24, 2.45) is 16.8 Å². The Morgan fingerprint density at radius 2 is 1.66 bits per heavy atom. The predicted octanol–water partition coefficient (Wildman–Crippen LogP) is 3.39. The fourth-order valence-corrected chi connectivity index (χ4v) is 2.97. The Morgan fingerprint density at radius 3 is 2.22 bits per heavy atom. The van der Waals surface area contributed by atoms with Crippen molar-refractivity contribution in [3.8, 4) is 0 Å². The zero-order valence-corrected chi connectivity index (χ0v) is 20.0. The molecule has 32 heavy (non-hydrogen) atoms. The van der Waals surface area contributed by atoms with E-state index in [2.05, 4.69) is 15.6 Å². The van der Waals surface area contributed by atoms with Crippen LogP contribution in [0.4, 0.5) is 0 Å². The van der Waals surface area contributed by atoms with Crippen LogP contribution in [-0.2, 0) is 19.1 Å². The number of aliphatic imine (C=N–C) groups is 1. The molecule has 1 aromatic carbocycles. The molecule has 1 rings (SSSR count). The number of carbonyl (C=O) groups excluding carboxylic acids is 3. The average Bonchev–Trinajstić information content (AvgIpc) is 2.77. The van der Waals surface area contributed by atoms with E-state index >= 15 is 0 Å². The topological polar surface area (TPSA) is 96.9 Å². The fraction of sp³-hybridized carbons (Fsp3) is 0.520. The SMILES string of the molecule is CCOC(=O)[C@H](C)NC(=O)[C@@H](NC(=O)[C@@H](N=C/C=C/c1ccccc1)C(C)C)[C@@H](C)CC. The number of nitrogens with zero attached hydrogens (tertiary/aromatic N) is 1. The Kier molecular flexibility index (Phi) is 12.0. The molecule has 0 saturated carbocycles. The van der Waals surface area contributed by atoms with Gasteiger partial charge in [0.25, 0.3) is 0 Å². The molecule has 0 unspecified atom stereocenters. The Bertz CT molecular complexity index is 790. The van der Waals surface area contributed by atoms with Gasteiger partial charge in [-0.1, -0.05) is 70.5 Å². The third-order valence-electron chi connectivity index (χ3n) is 5.11. The summed E-state index contributed by atoms with van der Waals surface area (Å²) >= 11 is 0. The zero-order valence-electron chi connectivity index (χ0n) is 20.0. The number of hydrogen-bond donors (Lipinski definition) is 2. The van der Waals surface area contributed by atoms with Crippen LogP contribution < -0.4 is 10.6 Å². The Morgan fingerprint density at radius 1 is 1.00 bits per heavy atom. The molecule has 2 amide bonds. The second-order valence-electron chi connectivity index (χ2n) is 8.11. The molecule has 7 nitrogen and oxygen atoms in total. The van der Waals surface area contributed by atoms with Gasteiger partial charge in [0.2, 0.25) is 11.8 Å². The van der Waals surface area contributed by atoms with Gasteiger partial charge in [-0.2, -0.15) is 0 Å². The first-order valence-corrected chi connectivity index (χ1v) is 11.2. The maximum Gasteiger partial charge on any atom is 0.328 e. The van der Waals surface area contributed by atoms with Crippen molar-refractivity contribution in [3.05, 3.63) is 42.0 Å². The summed E-state index contributed by atoms with van der Waals surface area (Å²) in [5, 5.41) is 5.49. The number of ether oxygens (including phenoxy) is 1. The summed E-state index contributed by atoms with van der Waals surface area (Å²) in [6.07, 6.45) is 5.99. The number of hydrogen-bond acceptors (Lipinski definition) is 5. The van der Waals surface area contributed by atoms with Gasteiger partial charge in [0.15, 0.2) is 0 Å². The number of esters is 1. The second-order valence-corrected chi connectivity index (χ2v) is 8.11. The number of benzene rings is 1. The van der Waals surface area contributed by atoms with Crippen molar-refractivity contribution in [1.82, 2.24) is 10.6 Å². The average molecular weight is 444 g/mol. The Hall–Kier alpha value is -2.96. The molecule has 2 N–H and O–H groups in total. The van der Waals surface area contributed by atoms with E-state index in [0.717, 1.165) is 5.56 Å². The highest BCUT2D eigenvalue weighted by Crippen LogP contribution is 2.12. The lowest BCUT2D eigenvalue weighted by Gasteiger charge is -2.27. The summed E-state index contributed by atoms with van der Waals surface area (Å²) in [5.41, 5.74) is 1.04. The van der Waals surface area contributed by atoms with E-state index in [9.17, 15) is 14.4 Å². The van der Waals surface area contributed by atoms with Gasteiger partial charge in [0, 0.05) is 6.21 Å². The lowest BCUT2D eigenvalue weighted by Crippen LogP contribution is -2.55. The third kappa shape index (κ3) is 9.04. The maximum absolute atomic E-state index is 13.0. The normalized spacial score (nSPS) is 15.3. The smallest absolute Gasteiger partial charge is 0.328 e. The molecule has 7 heteroatoms. The summed E-state index contributed by atoms with van der Waals surface area (Å²) in [6, 6.07) is 7.58. The third-order valence-corrected chi connectivity index (χ3v) is 5.11. The number of amides is 2. The van der Waals surface area contributed by atoms with Gasteiger partial charge < -0.3 is 15.4 Å². The Labute approximate surface area is 191 Å². The molecule has 1 aromatic rings. The van der Waals surface area contributed by atoms with Crippen molar-refractivity contribution in [3.63, 3.8) is 0 Å². The van der Waals surface area contributed by atoms with E-state index in [-0.39, 0.29) is 24.3 Å². The Balaban J connectivity index is 2.88. The molecular weight excluding hydrogens is 406 g/mol. The van der Waals surface area contributed by atoms with Crippen LogP contribution in [0.25, 0.3) is 6.08 Å². The van der Waals surface area contributed by atoms with Crippen LogP contribution >= 0.6 is 0 Å². The standard InChI is InChI=1S/C25H37N3O4/c1-7-18(5)22(24(30)27-19(6)25(31)32-8-2)28-23(29)21(17(3)4)26-16-12-15-20-13-10-9-11-14-20/h9-19,21-22H,7-8H2,1-6H3,(H,27,30)(H,28,29)/b15-12+,26-16?/t18-,19-,21-,22-/m0/s1. The molecule has 0 saturated heterocycles. The first kappa shape index (κ1) is 27.1. The molecule has 0 heterocycles. The highest BCUT2D eigenvalue weighted by molar-refractivity contribution is 5.93. The van der Waals surface area contributed by atoms with E-state index in [1.54, 1.807) is 26.1 Å². The van der Waals surface area contributed by atoms with Crippen LogP contribution in [0.15, 0.2) is 41.4 Å². The number of carbonyl (C=O) groups is 3. The minimum absolute atomic E-state index is 0.0597. The van der Waals surface area contributed by atoms with Gasteiger partial charge in [0.1, 0.15) is 18.1 Å². The molecule has 0 aliphatic heterocycles. The number of rotatable bonds is 12. The van der Waals surface area contributed by atoms with Gasteiger partial charge in [0.05, 0.1) is 6.61 Å². The van der Waals surface area contributed by atoms with E-state index < -0.39 is 30.0 Å². The number of nitrogens with one attached hydrogen (secondary N) is 2. The highest BCUT2D eigenvalue weighted by atomic mass is 16.5. The summed E-state index contributed by atoms with van der Waals surface area (Å²) in [7, 11) is 0. The first-order chi connectivity index (χ1) is 15.2. The van der Waals surface area contributed by atoms with Crippen molar-refractivity contribution in [1.29, 1.82) is 0 Å². The molecule has 0 fully saturated rings. The van der Waals surface area contributed by atoms with E-state index in [0.29, 0.717) is 6.42 Å². The molecular formula is C25H37N3O4. The van der Waals surface area contributed by atoms with Crippen LogP contribution in [0.1, 0.15) is 53.5 Å². The second kappa shape index (κ2) is 14.2. The quantitative estimate of drug-likeness (QED) is 0.382. The van der Waals surface area contributed by atoms with Gasteiger partial charge in [-0.25, -0.2) is 4.79 Å². The monoisotopic (exact) mass is 443 g/mol. The van der Waals surface area contributed by atoms with Crippen molar-refractivity contribution in [2.45, 2.75) is 66.1 Å². The summed E-state index contributed by atoms with van der Waals surface area (Å²) < 4.78 is 4.94. The largest absolute Gasteiger partial charge is 0.464 e. The molecule has 176 valence electrons. The van der Waals surface area contributed by atoms with Gasteiger partial charge in [-0.15, -0.1) is 0 Å². The van der Waals surface area contributed by atoms with Crippen molar-refractivity contribution >= 4 is 30.1 Å². The van der Waals surface area contributed by atoms with Crippen LogP contribution in [0.5, 0.6) is 0 Å². The molecule has 0 radical (unpaired) electrons. The fourth-order valence-electron chi connectivity index (χ4n) is 2.97. The lowest BCUT2D eigenvalue weighted by molar-refractivity contribution is -0.147. The molecule has 0 spiro atoms. The molecule has 0 bridgehead atoms. The van der Waals surface area contributed by atoms with Crippen molar-refractivity contribution in [2.75, 3.05) is 6.61 Å². The van der Waals surface area contributed by atoms with Crippen LogP contribution in [0, 0.1) is 11.8 Å². The molecule has 4 atom stereocenters. The zero-order chi connectivity index (χ0) is 24.1.